The number of aliphatic hydroxyl groups is 2. The molecule has 3 aliphatic rings. The molecule has 0 fully saturated rings. The minimum absolute atomic E-state index is 0.0219. The molecular formula is C21H31NO3. The van der Waals surface area contributed by atoms with E-state index in [1.54, 1.807) is 5.57 Å². The summed E-state index contributed by atoms with van der Waals surface area (Å²) >= 11 is 0. The summed E-state index contributed by atoms with van der Waals surface area (Å²) in [4.78, 5) is 0. The van der Waals surface area contributed by atoms with Crippen LogP contribution in [0.25, 0.3) is 0 Å². The zero-order valence-electron chi connectivity index (χ0n) is 15.7. The summed E-state index contributed by atoms with van der Waals surface area (Å²) in [5.41, 5.74) is 4.59. The number of hydrogen-bond donors (Lipinski definition) is 2. The Bertz CT molecular complexity index is 689. The van der Waals surface area contributed by atoms with Gasteiger partial charge < -0.3 is 14.7 Å². The van der Waals surface area contributed by atoms with Gasteiger partial charge in [0.2, 0.25) is 0 Å². The highest BCUT2D eigenvalue weighted by Gasteiger charge is 2.51. The molecule has 25 heavy (non-hydrogen) atoms. The van der Waals surface area contributed by atoms with Gasteiger partial charge in [0.05, 0.1) is 6.20 Å². The molecule has 2 N–H and O–H groups in total. The van der Waals surface area contributed by atoms with Crippen LogP contribution in [-0.2, 0) is 12.8 Å². The minimum atomic E-state index is -0.0219. The number of hydrogen-bond acceptors (Lipinski definition) is 4. The Balaban J connectivity index is 1.71. The molecule has 0 radical (unpaired) electrons. The molecule has 1 heterocycles. The maximum absolute atomic E-state index is 10.3. The molecule has 4 heteroatoms. The SMILES string of the molecule is CC1(C)CCC2=C1CCC(C1(C)Cc3cnoc3CC1CO)C2CO. The standard InChI is InChI=1S/C21H31NO3/c1-20(2)7-6-15-16(12-24)18(5-4-17(15)20)21(3)9-13-10-22-25-19(13)8-14(21)11-23/h10,14,16,18,23-24H,4-9,11-12H2,1-3H3. The number of allylic oxidation sites excluding steroid dienone is 1. The van der Waals surface area contributed by atoms with Crippen LogP contribution in [0.1, 0.15) is 57.8 Å². The monoisotopic (exact) mass is 345 g/mol. The Morgan fingerprint density at radius 2 is 2.00 bits per heavy atom. The number of nitrogens with zero attached hydrogens (tertiary/aromatic N) is 1. The van der Waals surface area contributed by atoms with E-state index in [2.05, 4.69) is 25.9 Å². The van der Waals surface area contributed by atoms with Crippen molar-refractivity contribution in [2.24, 2.45) is 28.6 Å². The van der Waals surface area contributed by atoms with Gasteiger partial charge >= 0.3 is 0 Å². The van der Waals surface area contributed by atoms with E-state index in [0.717, 1.165) is 37.9 Å². The van der Waals surface area contributed by atoms with Gasteiger partial charge in [0.15, 0.2) is 0 Å². The van der Waals surface area contributed by atoms with Gasteiger partial charge in [-0.3, -0.25) is 0 Å². The Kier molecular flexibility index (Phi) is 4.12. The van der Waals surface area contributed by atoms with E-state index in [-0.39, 0.29) is 30.5 Å². The van der Waals surface area contributed by atoms with Crippen LogP contribution >= 0.6 is 0 Å². The van der Waals surface area contributed by atoms with E-state index in [9.17, 15) is 10.2 Å². The summed E-state index contributed by atoms with van der Waals surface area (Å²) < 4.78 is 5.40. The van der Waals surface area contributed by atoms with E-state index in [0.29, 0.717) is 11.3 Å². The van der Waals surface area contributed by atoms with E-state index >= 15 is 0 Å². The Morgan fingerprint density at radius 1 is 1.20 bits per heavy atom. The van der Waals surface area contributed by atoms with Gasteiger partial charge in [-0.05, 0) is 54.8 Å². The third-order valence-electron chi connectivity index (χ3n) is 7.79. The van der Waals surface area contributed by atoms with E-state index in [1.807, 2.05) is 6.20 Å². The van der Waals surface area contributed by atoms with Crippen molar-refractivity contribution < 1.29 is 14.7 Å². The highest BCUT2D eigenvalue weighted by Crippen LogP contribution is 2.58. The van der Waals surface area contributed by atoms with Gasteiger partial charge in [-0.15, -0.1) is 0 Å². The smallest absolute Gasteiger partial charge is 0.140 e. The second kappa shape index (κ2) is 5.95. The predicted molar refractivity (Wildman–Crippen MR) is 95.9 cm³/mol. The quantitative estimate of drug-likeness (QED) is 0.823. The van der Waals surface area contributed by atoms with Crippen LogP contribution < -0.4 is 0 Å². The fourth-order valence-corrected chi connectivity index (χ4v) is 6.18. The van der Waals surface area contributed by atoms with E-state index in [1.165, 1.54) is 17.6 Å². The first-order valence-electron chi connectivity index (χ1n) is 9.77. The Hall–Kier alpha value is -1.13. The third-order valence-corrected chi connectivity index (χ3v) is 7.79. The molecular weight excluding hydrogens is 314 g/mol. The average molecular weight is 345 g/mol. The molecule has 4 atom stereocenters. The topological polar surface area (TPSA) is 66.5 Å². The molecule has 4 unspecified atom stereocenters. The van der Waals surface area contributed by atoms with Crippen LogP contribution in [0, 0.1) is 28.6 Å². The first-order chi connectivity index (χ1) is 11.9. The Labute approximate surface area is 150 Å². The largest absolute Gasteiger partial charge is 0.396 e. The summed E-state index contributed by atoms with van der Waals surface area (Å²) in [5.74, 6) is 1.76. The van der Waals surface area contributed by atoms with Crippen molar-refractivity contribution in [2.45, 2.75) is 59.3 Å². The lowest BCUT2D eigenvalue weighted by atomic mass is 9.54. The lowest BCUT2D eigenvalue weighted by molar-refractivity contribution is -0.00953. The van der Waals surface area contributed by atoms with Crippen molar-refractivity contribution in [2.75, 3.05) is 13.2 Å². The molecule has 0 aliphatic heterocycles. The molecule has 3 aliphatic carbocycles. The van der Waals surface area contributed by atoms with Crippen molar-refractivity contribution >= 4 is 0 Å². The van der Waals surface area contributed by atoms with Crippen LogP contribution in [0.3, 0.4) is 0 Å². The minimum Gasteiger partial charge on any atom is -0.396 e. The first kappa shape index (κ1) is 17.3. The van der Waals surface area contributed by atoms with Crippen molar-refractivity contribution in [3.63, 3.8) is 0 Å². The van der Waals surface area contributed by atoms with Gasteiger partial charge in [-0.1, -0.05) is 37.1 Å². The summed E-state index contributed by atoms with van der Waals surface area (Å²) in [6.07, 6.45) is 8.09. The van der Waals surface area contributed by atoms with Crippen molar-refractivity contribution in [3.8, 4) is 0 Å². The van der Waals surface area contributed by atoms with Gasteiger partial charge in [0.25, 0.3) is 0 Å². The van der Waals surface area contributed by atoms with Crippen molar-refractivity contribution in [1.82, 2.24) is 5.16 Å². The number of aliphatic hydroxyl groups excluding tert-OH is 2. The maximum Gasteiger partial charge on any atom is 0.140 e. The maximum atomic E-state index is 10.3. The molecule has 0 aromatic carbocycles. The third kappa shape index (κ3) is 2.52. The molecule has 4 rings (SSSR count). The lowest BCUT2D eigenvalue weighted by Gasteiger charge is -2.50. The molecule has 138 valence electrons. The number of fused-ring (bicyclic) bond motifs is 1. The Morgan fingerprint density at radius 3 is 2.72 bits per heavy atom. The van der Waals surface area contributed by atoms with Crippen molar-refractivity contribution in [1.29, 1.82) is 0 Å². The molecule has 4 nitrogen and oxygen atoms in total. The van der Waals surface area contributed by atoms with Gasteiger partial charge in [-0.25, -0.2) is 0 Å². The molecule has 0 saturated carbocycles. The molecule has 0 amide bonds. The summed E-state index contributed by atoms with van der Waals surface area (Å²) in [7, 11) is 0. The normalized spacial score (nSPS) is 37.1. The zero-order chi connectivity index (χ0) is 17.8. The number of rotatable bonds is 3. The fraction of sp³-hybridized carbons (Fsp3) is 0.762. The zero-order valence-corrected chi connectivity index (χ0v) is 15.7. The second-order valence-corrected chi connectivity index (χ2v) is 9.36. The van der Waals surface area contributed by atoms with Crippen LogP contribution in [0.15, 0.2) is 21.9 Å². The van der Waals surface area contributed by atoms with E-state index in [4.69, 9.17) is 4.52 Å². The molecule has 1 aromatic heterocycles. The average Bonchev–Trinajstić information content (AvgIpc) is 3.16. The van der Waals surface area contributed by atoms with Crippen molar-refractivity contribution in [3.05, 3.63) is 28.7 Å². The highest BCUT2D eigenvalue weighted by molar-refractivity contribution is 5.33. The summed E-state index contributed by atoms with van der Waals surface area (Å²) in [6, 6.07) is 0. The highest BCUT2D eigenvalue weighted by atomic mass is 16.5. The van der Waals surface area contributed by atoms with Crippen LogP contribution in [-0.4, -0.2) is 28.6 Å². The molecule has 1 aromatic rings. The van der Waals surface area contributed by atoms with Crippen LogP contribution in [0.4, 0.5) is 0 Å². The number of aromatic nitrogens is 1. The first-order valence-corrected chi connectivity index (χ1v) is 9.77. The van der Waals surface area contributed by atoms with Gasteiger partial charge in [0.1, 0.15) is 5.76 Å². The summed E-state index contributed by atoms with van der Waals surface area (Å²) in [5, 5.41) is 24.4. The molecule has 0 spiro atoms. The second-order valence-electron chi connectivity index (χ2n) is 9.36. The van der Waals surface area contributed by atoms with E-state index < -0.39 is 0 Å². The molecule has 0 bridgehead atoms. The van der Waals surface area contributed by atoms with Crippen LogP contribution in [0.2, 0.25) is 0 Å². The van der Waals surface area contributed by atoms with Gasteiger partial charge in [-0.2, -0.15) is 0 Å². The molecule has 0 saturated heterocycles. The predicted octanol–water partition coefficient (Wildman–Crippen LogP) is 3.52. The fourth-order valence-electron chi connectivity index (χ4n) is 6.18. The lowest BCUT2D eigenvalue weighted by Crippen LogP contribution is -2.48. The van der Waals surface area contributed by atoms with Crippen LogP contribution in [0.5, 0.6) is 0 Å². The van der Waals surface area contributed by atoms with Gasteiger partial charge in [0, 0.05) is 31.1 Å². The summed E-state index contributed by atoms with van der Waals surface area (Å²) in [6.45, 7) is 7.42.